The van der Waals surface area contributed by atoms with Crippen LogP contribution in [0.2, 0.25) is 0 Å². The first-order chi connectivity index (χ1) is 10.1. The molecule has 0 spiro atoms. The molecule has 112 valence electrons. The van der Waals surface area contributed by atoms with Gasteiger partial charge in [-0.1, -0.05) is 0 Å². The standard InChI is InChI=1S/C13H15FN4O3/c14-9-1-2-11(15-7-9)17-13(21)12(20)16-10-3-5-18(8-19)6-4-10/h1-2,7-8,10H,3-6H2,(H,16,20)(H,15,17,21). The monoisotopic (exact) mass is 294 g/mol. The second-order valence-electron chi connectivity index (χ2n) is 4.70. The maximum atomic E-state index is 12.7. The van der Waals surface area contributed by atoms with Gasteiger partial charge in [-0.25, -0.2) is 9.37 Å². The Labute approximate surface area is 120 Å². The average Bonchev–Trinajstić information content (AvgIpc) is 2.50. The fraction of sp³-hybridized carbons (Fsp3) is 0.385. The average molecular weight is 294 g/mol. The molecule has 1 fully saturated rings. The first kappa shape index (κ1) is 14.9. The maximum absolute atomic E-state index is 12.7. The topological polar surface area (TPSA) is 91.4 Å². The van der Waals surface area contributed by atoms with Crippen molar-refractivity contribution in [1.82, 2.24) is 15.2 Å². The second-order valence-corrected chi connectivity index (χ2v) is 4.70. The van der Waals surface area contributed by atoms with Crippen LogP contribution in [0.3, 0.4) is 0 Å². The number of carbonyl (C=O) groups is 3. The molecule has 1 aliphatic rings. The van der Waals surface area contributed by atoms with Gasteiger partial charge in [0.25, 0.3) is 0 Å². The van der Waals surface area contributed by atoms with E-state index < -0.39 is 17.6 Å². The van der Waals surface area contributed by atoms with Gasteiger partial charge in [0.1, 0.15) is 11.6 Å². The van der Waals surface area contributed by atoms with Crippen LogP contribution >= 0.6 is 0 Å². The van der Waals surface area contributed by atoms with Crippen molar-refractivity contribution in [2.45, 2.75) is 18.9 Å². The Morgan fingerprint density at radius 3 is 2.57 bits per heavy atom. The van der Waals surface area contributed by atoms with Crippen LogP contribution in [0.5, 0.6) is 0 Å². The van der Waals surface area contributed by atoms with Gasteiger partial charge in [-0.05, 0) is 25.0 Å². The molecular weight excluding hydrogens is 279 g/mol. The van der Waals surface area contributed by atoms with Crippen LogP contribution in [0.15, 0.2) is 18.3 Å². The second kappa shape index (κ2) is 6.78. The van der Waals surface area contributed by atoms with Gasteiger partial charge in [-0.15, -0.1) is 0 Å². The summed E-state index contributed by atoms with van der Waals surface area (Å²) in [6, 6.07) is 2.26. The van der Waals surface area contributed by atoms with Crippen molar-refractivity contribution in [3.8, 4) is 0 Å². The highest BCUT2D eigenvalue weighted by Crippen LogP contribution is 2.08. The molecule has 2 N–H and O–H groups in total. The third-order valence-corrected chi connectivity index (χ3v) is 3.19. The van der Waals surface area contributed by atoms with Gasteiger partial charge in [-0.2, -0.15) is 0 Å². The third-order valence-electron chi connectivity index (χ3n) is 3.19. The zero-order valence-corrected chi connectivity index (χ0v) is 11.2. The first-order valence-corrected chi connectivity index (χ1v) is 6.51. The van der Waals surface area contributed by atoms with E-state index in [-0.39, 0.29) is 11.9 Å². The number of carbonyl (C=O) groups excluding carboxylic acids is 3. The lowest BCUT2D eigenvalue weighted by atomic mass is 10.1. The zero-order valence-electron chi connectivity index (χ0n) is 11.2. The summed E-state index contributed by atoms with van der Waals surface area (Å²) in [4.78, 5) is 39.2. The lowest BCUT2D eigenvalue weighted by Crippen LogP contribution is -2.47. The van der Waals surface area contributed by atoms with Crippen LogP contribution in [0.1, 0.15) is 12.8 Å². The molecule has 3 amide bonds. The van der Waals surface area contributed by atoms with E-state index in [0.717, 1.165) is 18.7 Å². The number of likely N-dealkylation sites (tertiary alicyclic amines) is 1. The van der Waals surface area contributed by atoms with Crippen molar-refractivity contribution < 1.29 is 18.8 Å². The molecule has 2 heterocycles. The molecule has 0 saturated carbocycles. The van der Waals surface area contributed by atoms with Gasteiger partial charge in [0.15, 0.2) is 0 Å². The summed E-state index contributed by atoms with van der Waals surface area (Å²) in [5.41, 5.74) is 0. The molecule has 1 aromatic rings. The summed E-state index contributed by atoms with van der Waals surface area (Å²) in [7, 11) is 0. The molecule has 0 aromatic carbocycles. The Kier molecular flexibility index (Phi) is 4.81. The number of anilines is 1. The quantitative estimate of drug-likeness (QED) is 0.601. The van der Waals surface area contributed by atoms with Gasteiger partial charge in [0, 0.05) is 19.1 Å². The highest BCUT2D eigenvalue weighted by Gasteiger charge is 2.22. The van der Waals surface area contributed by atoms with Crippen LogP contribution < -0.4 is 10.6 Å². The number of nitrogens with zero attached hydrogens (tertiary/aromatic N) is 2. The molecule has 0 bridgehead atoms. The van der Waals surface area contributed by atoms with E-state index >= 15 is 0 Å². The smallest absolute Gasteiger partial charge is 0.314 e. The number of amides is 3. The minimum absolute atomic E-state index is 0.104. The van der Waals surface area contributed by atoms with Crippen molar-refractivity contribution >= 4 is 24.0 Å². The first-order valence-electron chi connectivity index (χ1n) is 6.51. The van der Waals surface area contributed by atoms with Crippen molar-refractivity contribution in [2.24, 2.45) is 0 Å². The minimum atomic E-state index is -0.855. The number of halogens is 1. The Hall–Kier alpha value is -2.51. The van der Waals surface area contributed by atoms with Gasteiger partial charge in [0.2, 0.25) is 6.41 Å². The van der Waals surface area contributed by atoms with Crippen molar-refractivity contribution in [1.29, 1.82) is 0 Å². The van der Waals surface area contributed by atoms with Gasteiger partial charge < -0.3 is 15.5 Å². The number of piperidine rings is 1. The van der Waals surface area contributed by atoms with Crippen molar-refractivity contribution in [3.05, 3.63) is 24.1 Å². The van der Waals surface area contributed by atoms with Crippen LogP contribution in [-0.2, 0) is 14.4 Å². The van der Waals surface area contributed by atoms with E-state index in [1.807, 2.05) is 0 Å². The molecular formula is C13H15FN4O3. The summed E-state index contributed by atoms with van der Waals surface area (Å²) >= 11 is 0. The van der Waals surface area contributed by atoms with E-state index in [0.29, 0.717) is 25.9 Å². The Morgan fingerprint density at radius 2 is 2.00 bits per heavy atom. The Bertz CT molecular complexity index is 527. The normalized spacial score (nSPS) is 15.4. The predicted octanol–water partition coefficient (Wildman–Crippen LogP) is -0.104. The number of hydrogen-bond donors (Lipinski definition) is 2. The molecule has 0 radical (unpaired) electrons. The SMILES string of the molecule is O=CN1CCC(NC(=O)C(=O)Nc2ccc(F)cn2)CC1. The molecule has 2 rings (SSSR count). The lowest BCUT2D eigenvalue weighted by molar-refractivity contribution is -0.136. The van der Waals surface area contributed by atoms with Gasteiger partial charge >= 0.3 is 11.8 Å². The van der Waals surface area contributed by atoms with E-state index in [9.17, 15) is 18.8 Å². The minimum Gasteiger partial charge on any atom is -0.345 e. The third kappa shape index (κ3) is 4.23. The molecule has 8 heteroatoms. The Morgan fingerprint density at radius 1 is 1.29 bits per heavy atom. The Balaban J connectivity index is 1.81. The molecule has 0 aliphatic carbocycles. The van der Waals surface area contributed by atoms with E-state index in [1.54, 1.807) is 4.90 Å². The van der Waals surface area contributed by atoms with Crippen LogP contribution in [0.25, 0.3) is 0 Å². The van der Waals surface area contributed by atoms with Crippen LogP contribution in [0, 0.1) is 5.82 Å². The molecule has 7 nitrogen and oxygen atoms in total. The highest BCUT2D eigenvalue weighted by molar-refractivity contribution is 6.39. The fourth-order valence-corrected chi connectivity index (χ4v) is 2.02. The lowest BCUT2D eigenvalue weighted by Gasteiger charge is -2.29. The van der Waals surface area contributed by atoms with Crippen molar-refractivity contribution in [3.63, 3.8) is 0 Å². The summed E-state index contributed by atoms with van der Waals surface area (Å²) in [6.07, 6.45) is 2.92. The van der Waals surface area contributed by atoms with E-state index in [1.165, 1.54) is 6.07 Å². The molecule has 1 aliphatic heterocycles. The molecule has 0 atom stereocenters. The van der Waals surface area contributed by atoms with Gasteiger partial charge in [0.05, 0.1) is 6.20 Å². The summed E-state index contributed by atoms with van der Waals surface area (Å²) in [6.45, 7) is 1.10. The van der Waals surface area contributed by atoms with Crippen LogP contribution in [0.4, 0.5) is 10.2 Å². The molecule has 1 aromatic heterocycles. The number of nitrogens with one attached hydrogen (secondary N) is 2. The number of aromatic nitrogens is 1. The maximum Gasteiger partial charge on any atom is 0.314 e. The van der Waals surface area contributed by atoms with E-state index in [4.69, 9.17) is 0 Å². The van der Waals surface area contributed by atoms with Gasteiger partial charge in [-0.3, -0.25) is 14.4 Å². The predicted molar refractivity (Wildman–Crippen MR) is 71.6 cm³/mol. The fourth-order valence-electron chi connectivity index (χ4n) is 2.02. The van der Waals surface area contributed by atoms with Crippen LogP contribution in [-0.4, -0.2) is 47.2 Å². The summed E-state index contributed by atoms with van der Waals surface area (Å²) in [5.74, 6) is -2.05. The molecule has 0 unspecified atom stereocenters. The molecule has 21 heavy (non-hydrogen) atoms. The summed E-state index contributed by atoms with van der Waals surface area (Å²) in [5, 5.41) is 4.88. The van der Waals surface area contributed by atoms with Crippen molar-refractivity contribution in [2.75, 3.05) is 18.4 Å². The largest absolute Gasteiger partial charge is 0.345 e. The summed E-state index contributed by atoms with van der Waals surface area (Å²) < 4.78 is 12.7. The number of pyridine rings is 1. The van der Waals surface area contributed by atoms with E-state index in [2.05, 4.69) is 15.6 Å². The number of hydrogen-bond acceptors (Lipinski definition) is 4. The number of rotatable bonds is 3. The molecule has 1 saturated heterocycles. The highest BCUT2D eigenvalue weighted by atomic mass is 19.1. The zero-order chi connectivity index (χ0) is 15.2.